The number of nitrogens with one attached hydrogen (secondary N) is 3. The van der Waals surface area contributed by atoms with Gasteiger partial charge < -0.3 is 16.0 Å². The van der Waals surface area contributed by atoms with E-state index in [4.69, 9.17) is 0 Å². The molecular weight excluding hydrogens is 298 g/mol. The van der Waals surface area contributed by atoms with Crippen molar-refractivity contribution in [2.24, 2.45) is 5.92 Å². The van der Waals surface area contributed by atoms with E-state index in [0.717, 1.165) is 4.88 Å². The summed E-state index contributed by atoms with van der Waals surface area (Å²) in [5.41, 5.74) is 0. The summed E-state index contributed by atoms with van der Waals surface area (Å²) in [6.45, 7) is 1.47. The lowest BCUT2D eigenvalue weighted by molar-refractivity contribution is -0.122. The highest BCUT2D eigenvalue weighted by Gasteiger charge is 2.16. The molecule has 1 aliphatic carbocycles. The van der Waals surface area contributed by atoms with Gasteiger partial charge in [-0.25, -0.2) is 4.79 Å². The average Bonchev–Trinajstić information content (AvgIpc) is 3.04. The fourth-order valence-corrected chi connectivity index (χ4v) is 3.39. The van der Waals surface area contributed by atoms with Gasteiger partial charge in [0.15, 0.2) is 0 Å². The van der Waals surface area contributed by atoms with Crippen LogP contribution in [0.15, 0.2) is 17.5 Å². The maximum atomic E-state index is 11.8. The first-order valence-electron chi connectivity index (χ1n) is 8.05. The molecule has 1 heterocycles. The molecule has 1 aliphatic rings. The fourth-order valence-electron chi connectivity index (χ4n) is 2.75. The van der Waals surface area contributed by atoms with Crippen molar-refractivity contribution in [2.75, 3.05) is 13.1 Å². The molecule has 0 spiro atoms. The van der Waals surface area contributed by atoms with E-state index in [1.165, 1.54) is 32.1 Å². The van der Waals surface area contributed by atoms with E-state index in [9.17, 15) is 9.59 Å². The van der Waals surface area contributed by atoms with E-state index in [0.29, 0.717) is 32.0 Å². The molecule has 5 nitrogen and oxygen atoms in total. The van der Waals surface area contributed by atoms with Gasteiger partial charge in [-0.1, -0.05) is 25.3 Å². The van der Waals surface area contributed by atoms with Crippen LogP contribution in [0, 0.1) is 5.92 Å². The number of thiophene rings is 1. The lowest BCUT2D eigenvalue weighted by atomic mass is 9.87. The number of urea groups is 1. The smallest absolute Gasteiger partial charge is 0.315 e. The van der Waals surface area contributed by atoms with Gasteiger partial charge in [0.1, 0.15) is 0 Å². The number of rotatable bonds is 7. The standard InChI is InChI=1S/C16H25N3O2S/c20-15(11-13-5-2-1-3-6-13)17-8-9-18-16(21)19-12-14-7-4-10-22-14/h4,7,10,13H,1-3,5-6,8-9,11-12H2,(H,17,20)(H2,18,19,21). The Labute approximate surface area is 135 Å². The summed E-state index contributed by atoms with van der Waals surface area (Å²) in [7, 11) is 0. The van der Waals surface area contributed by atoms with Crippen molar-refractivity contribution in [3.8, 4) is 0 Å². The number of carbonyl (C=O) groups is 2. The third-order valence-corrected chi connectivity index (χ3v) is 4.81. The molecule has 0 aliphatic heterocycles. The summed E-state index contributed by atoms with van der Waals surface area (Å²) in [5, 5.41) is 10.4. The number of hydrogen-bond donors (Lipinski definition) is 3. The first kappa shape index (κ1) is 16.8. The van der Waals surface area contributed by atoms with Crippen molar-refractivity contribution in [3.05, 3.63) is 22.4 Å². The zero-order chi connectivity index (χ0) is 15.6. The quantitative estimate of drug-likeness (QED) is 0.675. The van der Waals surface area contributed by atoms with Crippen LogP contribution in [0.3, 0.4) is 0 Å². The van der Waals surface area contributed by atoms with Crippen LogP contribution >= 0.6 is 11.3 Å². The van der Waals surface area contributed by atoms with E-state index < -0.39 is 0 Å². The predicted molar refractivity (Wildman–Crippen MR) is 88.8 cm³/mol. The molecule has 3 amide bonds. The maximum absolute atomic E-state index is 11.8. The highest BCUT2D eigenvalue weighted by Crippen LogP contribution is 2.25. The van der Waals surface area contributed by atoms with Crippen LogP contribution in [0.5, 0.6) is 0 Å². The lowest BCUT2D eigenvalue weighted by Gasteiger charge is -2.20. The predicted octanol–water partition coefficient (Wildman–Crippen LogP) is 2.63. The SMILES string of the molecule is O=C(CC1CCCCC1)NCCNC(=O)NCc1cccs1. The van der Waals surface area contributed by atoms with E-state index >= 15 is 0 Å². The molecule has 0 atom stereocenters. The minimum absolute atomic E-state index is 0.104. The van der Waals surface area contributed by atoms with Crippen molar-refractivity contribution in [3.63, 3.8) is 0 Å². The molecule has 0 saturated heterocycles. The third kappa shape index (κ3) is 6.47. The van der Waals surface area contributed by atoms with Crippen molar-refractivity contribution in [1.29, 1.82) is 0 Å². The molecule has 0 aromatic carbocycles. The molecule has 3 N–H and O–H groups in total. The van der Waals surface area contributed by atoms with Crippen LogP contribution in [0.1, 0.15) is 43.4 Å². The van der Waals surface area contributed by atoms with Crippen LogP contribution in [0.25, 0.3) is 0 Å². The van der Waals surface area contributed by atoms with Gasteiger partial charge in [0.05, 0.1) is 6.54 Å². The molecule has 1 aromatic heterocycles. The van der Waals surface area contributed by atoms with Crippen LogP contribution in [0.4, 0.5) is 4.79 Å². The normalized spacial score (nSPS) is 15.3. The number of carbonyl (C=O) groups excluding carboxylic acids is 2. The van der Waals surface area contributed by atoms with E-state index in [1.807, 2.05) is 17.5 Å². The molecule has 22 heavy (non-hydrogen) atoms. The van der Waals surface area contributed by atoms with Gasteiger partial charge in [-0.05, 0) is 30.2 Å². The highest BCUT2D eigenvalue weighted by molar-refractivity contribution is 7.09. The van der Waals surface area contributed by atoms with Gasteiger partial charge in [-0.15, -0.1) is 11.3 Å². The summed E-state index contributed by atoms with van der Waals surface area (Å²) in [6, 6.07) is 3.74. The monoisotopic (exact) mass is 323 g/mol. The molecule has 1 saturated carbocycles. The van der Waals surface area contributed by atoms with E-state index in [-0.39, 0.29) is 11.9 Å². The third-order valence-electron chi connectivity index (χ3n) is 3.93. The van der Waals surface area contributed by atoms with Gasteiger partial charge in [0.2, 0.25) is 5.91 Å². The Balaban J connectivity index is 1.49. The van der Waals surface area contributed by atoms with Gasteiger partial charge in [0, 0.05) is 24.4 Å². The lowest BCUT2D eigenvalue weighted by Crippen LogP contribution is -2.40. The molecule has 2 rings (SSSR count). The Morgan fingerprint density at radius 3 is 2.59 bits per heavy atom. The first-order valence-corrected chi connectivity index (χ1v) is 8.93. The van der Waals surface area contributed by atoms with Crippen molar-refractivity contribution in [1.82, 2.24) is 16.0 Å². The van der Waals surface area contributed by atoms with Crippen LogP contribution in [-0.2, 0) is 11.3 Å². The number of amides is 3. The highest BCUT2D eigenvalue weighted by atomic mass is 32.1. The molecule has 6 heteroatoms. The average molecular weight is 323 g/mol. The molecule has 0 bridgehead atoms. The minimum Gasteiger partial charge on any atom is -0.354 e. The van der Waals surface area contributed by atoms with E-state index in [1.54, 1.807) is 11.3 Å². The van der Waals surface area contributed by atoms with Crippen LogP contribution in [-0.4, -0.2) is 25.0 Å². The topological polar surface area (TPSA) is 70.2 Å². The maximum Gasteiger partial charge on any atom is 0.315 e. The minimum atomic E-state index is -0.199. The van der Waals surface area contributed by atoms with Crippen molar-refractivity contribution in [2.45, 2.75) is 45.1 Å². The Hall–Kier alpha value is -1.56. The van der Waals surface area contributed by atoms with Gasteiger partial charge in [-0.3, -0.25) is 4.79 Å². The largest absolute Gasteiger partial charge is 0.354 e. The molecule has 122 valence electrons. The molecule has 1 aromatic rings. The van der Waals surface area contributed by atoms with Crippen molar-refractivity contribution >= 4 is 23.3 Å². The summed E-state index contributed by atoms with van der Waals surface area (Å²) < 4.78 is 0. The van der Waals surface area contributed by atoms with Crippen LogP contribution in [0.2, 0.25) is 0 Å². The van der Waals surface area contributed by atoms with Gasteiger partial charge in [-0.2, -0.15) is 0 Å². The van der Waals surface area contributed by atoms with Gasteiger partial charge >= 0.3 is 6.03 Å². The van der Waals surface area contributed by atoms with Crippen LogP contribution < -0.4 is 16.0 Å². The molecule has 0 unspecified atom stereocenters. The molecular formula is C16H25N3O2S. The first-order chi connectivity index (χ1) is 10.7. The van der Waals surface area contributed by atoms with E-state index in [2.05, 4.69) is 16.0 Å². The zero-order valence-electron chi connectivity index (χ0n) is 12.9. The Morgan fingerprint density at radius 2 is 1.86 bits per heavy atom. The number of hydrogen-bond acceptors (Lipinski definition) is 3. The molecule has 0 radical (unpaired) electrons. The summed E-state index contributed by atoms with van der Waals surface area (Å²) >= 11 is 1.61. The fraction of sp³-hybridized carbons (Fsp3) is 0.625. The zero-order valence-corrected chi connectivity index (χ0v) is 13.7. The Bertz CT molecular complexity index is 456. The second-order valence-electron chi connectivity index (χ2n) is 5.75. The summed E-state index contributed by atoms with van der Waals surface area (Å²) in [6.07, 6.45) is 6.80. The second-order valence-corrected chi connectivity index (χ2v) is 6.78. The summed E-state index contributed by atoms with van der Waals surface area (Å²) in [4.78, 5) is 24.5. The second kappa shape index (κ2) is 9.46. The van der Waals surface area contributed by atoms with Gasteiger partial charge in [0.25, 0.3) is 0 Å². The van der Waals surface area contributed by atoms with Crippen molar-refractivity contribution < 1.29 is 9.59 Å². The molecule has 1 fully saturated rings. The Morgan fingerprint density at radius 1 is 1.09 bits per heavy atom. The summed E-state index contributed by atoms with van der Waals surface area (Å²) in [5.74, 6) is 0.656. The Kier molecular flexibility index (Phi) is 7.22.